The van der Waals surface area contributed by atoms with Gasteiger partial charge in [0.05, 0.1) is 35.5 Å². The number of para-hydroxylation sites is 1. The number of pyridine rings is 2. The lowest BCUT2D eigenvalue weighted by Crippen LogP contribution is -2.40. The van der Waals surface area contributed by atoms with Crippen LogP contribution < -0.4 is 15.3 Å². The van der Waals surface area contributed by atoms with Crippen molar-refractivity contribution in [3.63, 3.8) is 0 Å². The normalized spacial score (nSPS) is 15.2. The number of ether oxygens (including phenoxy) is 2. The SMILES string of the molecule is CCCC[C@](C)(CO[P@](=O)(N[C@@H](C)C(=O)OC(C)C)Oc1cccnc1)n1c(COCC)nc2c(N)nc3ccccc3c21. The first kappa shape index (κ1) is 33.3. The number of nitrogens with zero attached hydrogens (tertiary/aromatic N) is 4. The number of imidazole rings is 1. The molecule has 44 heavy (non-hydrogen) atoms. The molecule has 0 saturated heterocycles. The Morgan fingerprint density at radius 3 is 2.59 bits per heavy atom. The number of hydrogen-bond acceptors (Lipinski definition) is 10. The molecule has 0 saturated carbocycles. The molecule has 0 unspecified atom stereocenters. The highest BCUT2D eigenvalue weighted by atomic mass is 31.2. The summed E-state index contributed by atoms with van der Waals surface area (Å²) in [5.74, 6) is 0.580. The molecule has 12 nitrogen and oxygen atoms in total. The molecule has 3 aromatic heterocycles. The third-order valence-corrected chi connectivity index (χ3v) is 8.72. The van der Waals surface area contributed by atoms with Crippen LogP contribution in [0, 0.1) is 0 Å². The Morgan fingerprint density at radius 2 is 1.91 bits per heavy atom. The van der Waals surface area contributed by atoms with Crippen LogP contribution in [0.5, 0.6) is 5.75 Å². The van der Waals surface area contributed by atoms with Crippen LogP contribution in [0.15, 0.2) is 48.8 Å². The fourth-order valence-electron chi connectivity index (χ4n) is 5.00. The van der Waals surface area contributed by atoms with Crippen LogP contribution in [-0.4, -0.2) is 50.8 Å². The van der Waals surface area contributed by atoms with Gasteiger partial charge in [-0.3, -0.25) is 14.3 Å². The molecule has 238 valence electrons. The molecule has 0 aliphatic heterocycles. The predicted octanol–water partition coefficient (Wildman–Crippen LogP) is 6.14. The molecular formula is C31H43N6O6P. The molecule has 4 aromatic rings. The first-order valence-electron chi connectivity index (χ1n) is 15.0. The smallest absolute Gasteiger partial charge is 0.459 e. The van der Waals surface area contributed by atoms with Crippen molar-refractivity contribution in [2.45, 2.75) is 85.1 Å². The van der Waals surface area contributed by atoms with Gasteiger partial charge in [0, 0.05) is 18.2 Å². The van der Waals surface area contributed by atoms with Crippen LogP contribution in [-0.2, 0) is 35.5 Å². The van der Waals surface area contributed by atoms with E-state index in [1.54, 1.807) is 39.1 Å². The van der Waals surface area contributed by atoms with Gasteiger partial charge in [-0.15, -0.1) is 0 Å². The molecule has 13 heteroatoms. The lowest BCUT2D eigenvalue weighted by molar-refractivity contribution is -0.149. The van der Waals surface area contributed by atoms with Crippen LogP contribution in [0.25, 0.3) is 21.9 Å². The quantitative estimate of drug-likeness (QED) is 0.109. The fraction of sp³-hybridized carbons (Fsp3) is 0.484. The van der Waals surface area contributed by atoms with Gasteiger partial charge in [-0.1, -0.05) is 38.0 Å². The van der Waals surface area contributed by atoms with Gasteiger partial charge in [0.1, 0.15) is 29.7 Å². The lowest BCUT2D eigenvalue weighted by atomic mass is 9.94. The van der Waals surface area contributed by atoms with E-state index in [9.17, 15) is 9.36 Å². The van der Waals surface area contributed by atoms with E-state index < -0.39 is 25.3 Å². The highest BCUT2D eigenvalue weighted by Crippen LogP contribution is 2.47. The second-order valence-electron chi connectivity index (χ2n) is 11.2. The van der Waals surface area contributed by atoms with Gasteiger partial charge in [0.15, 0.2) is 5.82 Å². The van der Waals surface area contributed by atoms with E-state index in [-0.39, 0.29) is 25.1 Å². The first-order chi connectivity index (χ1) is 21.0. The topological polar surface area (TPSA) is 153 Å². The Bertz CT molecular complexity index is 1610. The van der Waals surface area contributed by atoms with E-state index in [2.05, 4.69) is 26.5 Å². The van der Waals surface area contributed by atoms with Crippen molar-refractivity contribution in [3.8, 4) is 5.75 Å². The molecule has 0 amide bonds. The molecule has 3 heterocycles. The van der Waals surface area contributed by atoms with Crippen molar-refractivity contribution in [1.82, 2.24) is 24.6 Å². The number of carbonyl (C=O) groups excluding carboxylic acids is 1. The van der Waals surface area contributed by atoms with E-state index >= 15 is 0 Å². The highest BCUT2D eigenvalue weighted by Gasteiger charge is 2.39. The molecule has 0 radical (unpaired) electrons. The van der Waals surface area contributed by atoms with E-state index in [0.29, 0.717) is 30.2 Å². The van der Waals surface area contributed by atoms with E-state index in [1.807, 2.05) is 38.1 Å². The van der Waals surface area contributed by atoms with Crippen molar-refractivity contribution in [2.75, 3.05) is 18.9 Å². The number of nitrogen functional groups attached to an aromatic ring is 1. The summed E-state index contributed by atoms with van der Waals surface area (Å²) in [6.45, 7) is 11.7. The van der Waals surface area contributed by atoms with E-state index in [0.717, 1.165) is 29.3 Å². The number of nitrogens with one attached hydrogen (secondary N) is 1. The van der Waals surface area contributed by atoms with E-state index in [1.165, 1.54) is 6.20 Å². The number of hydrogen-bond donors (Lipinski definition) is 2. The summed E-state index contributed by atoms with van der Waals surface area (Å²) < 4.78 is 39.8. The number of esters is 1. The van der Waals surface area contributed by atoms with Crippen LogP contribution in [0.3, 0.4) is 0 Å². The lowest BCUT2D eigenvalue weighted by Gasteiger charge is -2.35. The number of nitrogens with two attached hydrogens (primary N) is 1. The summed E-state index contributed by atoms with van der Waals surface area (Å²) in [5, 5.41) is 3.64. The standard InChI is InChI=1S/C31H43N6O6P/c1-7-9-16-31(6,20-41-44(39,43-23-13-12-17-33-18-23)36-22(5)30(38)42-21(3)4)37-26(19-40-8-2)35-27-28(37)24-14-10-11-15-25(24)34-29(27)32/h10-15,17-18,21-22H,7-9,16,19-20H2,1-6H3,(H2,32,34)(H,36,39)/t22-,31+,44+/m0/s1. The van der Waals surface area contributed by atoms with Gasteiger partial charge in [-0.25, -0.2) is 14.5 Å². The van der Waals surface area contributed by atoms with Crippen molar-refractivity contribution in [3.05, 3.63) is 54.6 Å². The fourth-order valence-corrected chi connectivity index (χ4v) is 6.60. The predicted molar refractivity (Wildman–Crippen MR) is 170 cm³/mol. The largest absolute Gasteiger partial charge is 0.462 e. The third kappa shape index (κ3) is 7.74. The minimum absolute atomic E-state index is 0.0649. The summed E-state index contributed by atoms with van der Waals surface area (Å²) in [4.78, 5) is 26.2. The number of fused-ring (bicyclic) bond motifs is 3. The van der Waals surface area contributed by atoms with Crippen molar-refractivity contribution in [2.24, 2.45) is 0 Å². The second-order valence-corrected chi connectivity index (χ2v) is 12.9. The van der Waals surface area contributed by atoms with Crippen LogP contribution in [0.4, 0.5) is 5.82 Å². The zero-order chi connectivity index (χ0) is 31.9. The Hall–Kier alpha value is -3.57. The zero-order valence-electron chi connectivity index (χ0n) is 26.3. The van der Waals surface area contributed by atoms with Gasteiger partial charge in [0.2, 0.25) is 0 Å². The molecule has 0 aliphatic carbocycles. The molecule has 0 bridgehead atoms. The third-order valence-electron chi connectivity index (χ3n) is 7.10. The Balaban J connectivity index is 1.81. The molecule has 3 atom stereocenters. The summed E-state index contributed by atoms with van der Waals surface area (Å²) in [6.07, 6.45) is 5.04. The van der Waals surface area contributed by atoms with Crippen LogP contribution in [0.2, 0.25) is 0 Å². The number of benzene rings is 1. The molecule has 0 spiro atoms. The van der Waals surface area contributed by atoms with Crippen LogP contribution in [0.1, 0.15) is 66.6 Å². The van der Waals surface area contributed by atoms with Crippen molar-refractivity contribution < 1.29 is 27.9 Å². The number of anilines is 1. The van der Waals surface area contributed by atoms with Gasteiger partial charge in [-0.2, -0.15) is 5.09 Å². The maximum Gasteiger partial charge on any atom is 0.459 e. The zero-order valence-corrected chi connectivity index (χ0v) is 27.2. The van der Waals surface area contributed by atoms with Gasteiger partial charge < -0.3 is 24.3 Å². The van der Waals surface area contributed by atoms with Gasteiger partial charge in [-0.05, 0) is 59.2 Å². The van der Waals surface area contributed by atoms with Crippen LogP contribution >= 0.6 is 7.75 Å². The first-order valence-corrected chi connectivity index (χ1v) is 16.5. The molecule has 1 aromatic carbocycles. The Morgan fingerprint density at radius 1 is 1.14 bits per heavy atom. The number of unbranched alkanes of at least 4 members (excludes halogenated alkanes) is 1. The monoisotopic (exact) mass is 626 g/mol. The summed E-state index contributed by atoms with van der Waals surface area (Å²) in [7, 11) is -4.17. The second kappa shape index (κ2) is 14.5. The Labute approximate surface area is 258 Å². The molecule has 4 rings (SSSR count). The van der Waals surface area contributed by atoms with Gasteiger partial charge >= 0.3 is 13.7 Å². The summed E-state index contributed by atoms with van der Waals surface area (Å²) in [5.41, 5.74) is 7.71. The maximum absolute atomic E-state index is 14.4. The number of carbonyl (C=O) groups is 1. The minimum atomic E-state index is -4.17. The van der Waals surface area contributed by atoms with E-state index in [4.69, 9.17) is 29.2 Å². The van der Waals surface area contributed by atoms with Gasteiger partial charge in [0.25, 0.3) is 0 Å². The number of rotatable bonds is 16. The highest BCUT2D eigenvalue weighted by molar-refractivity contribution is 7.52. The van der Waals surface area contributed by atoms with Crippen molar-refractivity contribution in [1.29, 1.82) is 0 Å². The maximum atomic E-state index is 14.4. The molecule has 0 fully saturated rings. The average molecular weight is 627 g/mol. The molecule has 0 aliphatic rings. The summed E-state index contributed by atoms with van der Waals surface area (Å²) >= 11 is 0. The molecular weight excluding hydrogens is 583 g/mol. The number of aromatic nitrogens is 4. The Kier molecular flexibility index (Phi) is 11.0. The average Bonchev–Trinajstić information content (AvgIpc) is 3.39. The summed E-state index contributed by atoms with van der Waals surface area (Å²) in [6, 6.07) is 10.0. The minimum Gasteiger partial charge on any atom is -0.462 e. The molecule has 3 N–H and O–H groups in total. The van der Waals surface area contributed by atoms with Crippen molar-refractivity contribution >= 4 is 41.5 Å².